The van der Waals surface area contributed by atoms with E-state index in [1.54, 1.807) is 26.4 Å². The third-order valence-corrected chi connectivity index (χ3v) is 2.51. The normalized spacial score (nSPS) is 12.6. The summed E-state index contributed by atoms with van der Waals surface area (Å²) in [4.78, 5) is 0. The molecule has 0 radical (unpaired) electrons. The van der Waals surface area contributed by atoms with Gasteiger partial charge in [0, 0.05) is 12.6 Å². The zero-order chi connectivity index (χ0) is 12.8. The molecule has 0 spiro atoms. The summed E-state index contributed by atoms with van der Waals surface area (Å²) in [7, 11) is 3.18. The van der Waals surface area contributed by atoms with E-state index in [-0.39, 0.29) is 0 Å². The van der Waals surface area contributed by atoms with E-state index in [2.05, 4.69) is 5.32 Å². The monoisotopic (exact) mass is 239 g/mol. The maximum Gasteiger partial charge on any atom is 0.161 e. The SMILES string of the molecule is COc1ccc([C@@H](O)CNC(C)C)cc1OC. The number of hydrogen-bond donors (Lipinski definition) is 2. The second-order valence-electron chi connectivity index (χ2n) is 4.19. The van der Waals surface area contributed by atoms with Crippen LogP contribution in [0.2, 0.25) is 0 Å². The molecular weight excluding hydrogens is 218 g/mol. The van der Waals surface area contributed by atoms with E-state index in [0.717, 1.165) is 5.56 Å². The van der Waals surface area contributed by atoms with Crippen molar-refractivity contribution in [1.29, 1.82) is 0 Å². The first-order valence-corrected chi connectivity index (χ1v) is 5.71. The average molecular weight is 239 g/mol. The minimum Gasteiger partial charge on any atom is -0.493 e. The largest absolute Gasteiger partial charge is 0.493 e. The van der Waals surface area contributed by atoms with Gasteiger partial charge in [0.2, 0.25) is 0 Å². The molecule has 0 saturated carbocycles. The Hall–Kier alpha value is -1.26. The molecule has 1 aromatic rings. The number of nitrogens with one attached hydrogen (secondary N) is 1. The maximum absolute atomic E-state index is 9.99. The van der Waals surface area contributed by atoms with Gasteiger partial charge in [-0.3, -0.25) is 0 Å². The smallest absolute Gasteiger partial charge is 0.161 e. The predicted molar refractivity (Wildman–Crippen MR) is 67.6 cm³/mol. The maximum atomic E-state index is 9.99. The Kier molecular flexibility index (Phi) is 5.25. The van der Waals surface area contributed by atoms with Gasteiger partial charge < -0.3 is 19.9 Å². The van der Waals surface area contributed by atoms with Gasteiger partial charge in [0.1, 0.15) is 0 Å². The first-order valence-electron chi connectivity index (χ1n) is 5.71. The van der Waals surface area contributed by atoms with Crippen LogP contribution < -0.4 is 14.8 Å². The van der Waals surface area contributed by atoms with Crippen molar-refractivity contribution in [3.8, 4) is 11.5 Å². The summed E-state index contributed by atoms with van der Waals surface area (Å²) in [6.45, 7) is 4.61. The number of ether oxygens (including phenoxy) is 2. The lowest BCUT2D eigenvalue weighted by Gasteiger charge is -2.16. The van der Waals surface area contributed by atoms with Crippen LogP contribution in [0.3, 0.4) is 0 Å². The number of hydrogen-bond acceptors (Lipinski definition) is 4. The van der Waals surface area contributed by atoms with Crippen molar-refractivity contribution in [2.75, 3.05) is 20.8 Å². The lowest BCUT2D eigenvalue weighted by atomic mass is 10.1. The number of aliphatic hydroxyl groups is 1. The predicted octanol–water partition coefficient (Wildman–Crippen LogP) is 1.74. The highest BCUT2D eigenvalue weighted by atomic mass is 16.5. The summed E-state index contributed by atoms with van der Waals surface area (Å²) in [6, 6.07) is 5.79. The van der Waals surface area contributed by atoms with Crippen LogP contribution in [-0.4, -0.2) is 31.9 Å². The first kappa shape index (κ1) is 13.8. The lowest BCUT2D eigenvalue weighted by molar-refractivity contribution is 0.171. The van der Waals surface area contributed by atoms with E-state index in [0.29, 0.717) is 24.1 Å². The van der Waals surface area contributed by atoms with Crippen LogP contribution in [0.5, 0.6) is 11.5 Å². The van der Waals surface area contributed by atoms with Gasteiger partial charge in [-0.05, 0) is 17.7 Å². The van der Waals surface area contributed by atoms with Gasteiger partial charge in [0.15, 0.2) is 11.5 Å². The molecule has 0 saturated heterocycles. The van der Waals surface area contributed by atoms with Crippen molar-refractivity contribution in [2.45, 2.75) is 26.0 Å². The minimum absolute atomic E-state index is 0.352. The Balaban J connectivity index is 2.77. The van der Waals surface area contributed by atoms with Crippen LogP contribution in [-0.2, 0) is 0 Å². The summed E-state index contributed by atoms with van der Waals surface area (Å²) in [5.41, 5.74) is 0.816. The number of rotatable bonds is 6. The van der Waals surface area contributed by atoms with Crippen LogP contribution in [0.1, 0.15) is 25.5 Å². The molecule has 4 heteroatoms. The molecule has 4 nitrogen and oxygen atoms in total. The van der Waals surface area contributed by atoms with Crippen LogP contribution in [0.25, 0.3) is 0 Å². The van der Waals surface area contributed by atoms with E-state index in [1.807, 2.05) is 19.9 Å². The molecular formula is C13H21NO3. The van der Waals surface area contributed by atoms with Gasteiger partial charge in [-0.25, -0.2) is 0 Å². The Bertz CT molecular complexity index is 353. The Labute approximate surface area is 103 Å². The van der Waals surface area contributed by atoms with Gasteiger partial charge in [-0.1, -0.05) is 19.9 Å². The highest BCUT2D eigenvalue weighted by molar-refractivity contribution is 5.43. The van der Waals surface area contributed by atoms with Crippen LogP contribution in [0.4, 0.5) is 0 Å². The summed E-state index contributed by atoms with van der Waals surface area (Å²) in [5, 5.41) is 13.2. The van der Waals surface area contributed by atoms with Crippen LogP contribution in [0, 0.1) is 0 Å². The molecule has 1 atom stereocenters. The van der Waals surface area contributed by atoms with E-state index in [9.17, 15) is 5.11 Å². The Morgan fingerprint density at radius 1 is 1.18 bits per heavy atom. The summed E-state index contributed by atoms with van der Waals surface area (Å²) in [6.07, 6.45) is -0.544. The van der Waals surface area contributed by atoms with Crippen LogP contribution >= 0.6 is 0 Å². The van der Waals surface area contributed by atoms with Crippen molar-refractivity contribution in [3.63, 3.8) is 0 Å². The van der Waals surface area contributed by atoms with Gasteiger partial charge in [-0.2, -0.15) is 0 Å². The molecule has 0 unspecified atom stereocenters. The molecule has 0 amide bonds. The van der Waals surface area contributed by atoms with Crippen molar-refractivity contribution < 1.29 is 14.6 Å². The van der Waals surface area contributed by atoms with E-state index >= 15 is 0 Å². The molecule has 1 aromatic carbocycles. The topological polar surface area (TPSA) is 50.7 Å². The Morgan fingerprint density at radius 3 is 2.35 bits per heavy atom. The zero-order valence-electron chi connectivity index (χ0n) is 10.9. The highest BCUT2D eigenvalue weighted by Gasteiger charge is 2.11. The number of benzene rings is 1. The zero-order valence-corrected chi connectivity index (χ0v) is 10.9. The number of methoxy groups -OCH3 is 2. The summed E-state index contributed by atoms with van der Waals surface area (Å²) < 4.78 is 10.3. The first-order chi connectivity index (χ1) is 8.08. The molecule has 2 N–H and O–H groups in total. The minimum atomic E-state index is -0.544. The molecule has 0 aliphatic heterocycles. The fraction of sp³-hybridized carbons (Fsp3) is 0.538. The molecule has 0 bridgehead atoms. The third-order valence-electron chi connectivity index (χ3n) is 2.51. The van der Waals surface area contributed by atoms with Crippen molar-refractivity contribution in [3.05, 3.63) is 23.8 Å². The molecule has 0 aliphatic carbocycles. The summed E-state index contributed by atoms with van der Waals surface area (Å²) in [5.74, 6) is 1.30. The standard InChI is InChI=1S/C13H21NO3/c1-9(2)14-8-11(15)10-5-6-12(16-3)13(7-10)17-4/h5-7,9,11,14-15H,8H2,1-4H3/t11-/m0/s1. The molecule has 0 aliphatic rings. The van der Waals surface area contributed by atoms with E-state index in [4.69, 9.17) is 9.47 Å². The molecule has 96 valence electrons. The van der Waals surface area contributed by atoms with E-state index in [1.165, 1.54) is 0 Å². The van der Waals surface area contributed by atoms with Gasteiger partial charge >= 0.3 is 0 Å². The average Bonchev–Trinajstić information content (AvgIpc) is 2.34. The Morgan fingerprint density at radius 2 is 1.82 bits per heavy atom. The number of aliphatic hydroxyl groups excluding tert-OH is 1. The molecule has 0 fully saturated rings. The molecule has 0 heterocycles. The fourth-order valence-corrected chi connectivity index (χ4v) is 1.53. The van der Waals surface area contributed by atoms with Gasteiger partial charge in [0.05, 0.1) is 20.3 Å². The van der Waals surface area contributed by atoms with Crippen molar-refractivity contribution >= 4 is 0 Å². The molecule has 17 heavy (non-hydrogen) atoms. The second kappa shape index (κ2) is 6.47. The molecule has 1 rings (SSSR count). The molecule has 0 aromatic heterocycles. The summed E-state index contributed by atoms with van der Waals surface area (Å²) >= 11 is 0. The second-order valence-corrected chi connectivity index (χ2v) is 4.19. The van der Waals surface area contributed by atoms with Crippen molar-refractivity contribution in [1.82, 2.24) is 5.32 Å². The highest BCUT2D eigenvalue weighted by Crippen LogP contribution is 2.29. The quantitative estimate of drug-likeness (QED) is 0.794. The van der Waals surface area contributed by atoms with Crippen molar-refractivity contribution in [2.24, 2.45) is 0 Å². The fourth-order valence-electron chi connectivity index (χ4n) is 1.53. The van der Waals surface area contributed by atoms with E-state index < -0.39 is 6.10 Å². The van der Waals surface area contributed by atoms with Gasteiger partial charge in [0.25, 0.3) is 0 Å². The van der Waals surface area contributed by atoms with Gasteiger partial charge in [-0.15, -0.1) is 0 Å². The lowest BCUT2D eigenvalue weighted by Crippen LogP contribution is -2.27. The van der Waals surface area contributed by atoms with Crippen LogP contribution in [0.15, 0.2) is 18.2 Å². The third kappa shape index (κ3) is 3.91.